The third-order valence-electron chi connectivity index (χ3n) is 5.73. The number of rotatable bonds is 13. The summed E-state index contributed by atoms with van der Waals surface area (Å²) in [5.74, 6) is 0.531. The fourth-order valence-corrected chi connectivity index (χ4v) is 3.75. The lowest BCUT2D eigenvalue weighted by Crippen LogP contribution is -2.52. The van der Waals surface area contributed by atoms with E-state index in [9.17, 15) is 23.1 Å². The second-order valence-electron chi connectivity index (χ2n) is 8.98. The number of hydrogen-bond acceptors (Lipinski definition) is 6. The van der Waals surface area contributed by atoms with Gasteiger partial charge in [0.1, 0.15) is 23.3 Å². The first-order valence-corrected chi connectivity index (χ1v) is 11.9. The maximum atomic E-state index is 13.9. The second-order valence-corrected chi connectivity index (χ2v) is 8.98. The monoisotopic (exact) mass is 511 g/mol. The maximum absolute atomic E-state index is 13.9. The van der Waals surface area contributed by atoms with E-state index in [4.69, 9.17) is 9.47 Å². The highest BCUT2D eigenvalue weighted by molar-refractivity contribution is 5.82. The summed E-state index contributed by atoms with van der Waals surface area (Å²) in [6, 6.07) is 6.61. The number of nitrogens with one attached hydrogen (secondary N) is 3. The van der Waals surface area contributed by atoms with Crippen molar-refractivity contribution in [3.63, 3.8) is 0 Å². The number of benzene rings is 2. The van der Waals surface area contributed by atoms with Gasteiger partial charge in [-0.05, 0) is 48.6 Å². The van der Waals surface area contributed by atoms with Crippen LogP contribution in [0.25, 0.3) is 0 Å². The number of carbonyl (C=O) groups is 1. The van der Waals surface area contributed by atoms with E-state index in [-0.39, 0.29) is 29.7 Å². The van der Waals surface area contributed by atoms with E-state index in [0.29, 0.717) is 30.2 Å². The van der Waals surface area contributed by atoms with Crippen LogP contribution < -0.4 is 25.4 Å². The van der Waals surface area contributed by atoms with Gasteiger partial charge in [-0.25, -0.2) is 0 Å². The number of ether oxygens (including phenoxy) is 2. The zero-order chi connectivity index (χ0) is 26.9. The molecule has 0 fully saturated rings. The summed E-state index contributed by atoms with van der Waals surface area (Å²) < 4.78 is 52.4. The Kier molecular flexibility index (Phi) is 10.7. The molecule has 0 aromatic heterocycles. The van der Waals surface area contributed by atoms with E-state index in [1.54, 1.807) is 25.3 Å². The molecule has 4 N–H and O–H groups in total. The van der Waals surface area contributed by atoms with Crippen LogP contribution in [0.2, 0.25) is 0 Å². The summed E-state index contributed by atoms with van der Waals surface area (Å²) in [6.07, 6.45) is -3.86. The summed E-state index contributed by atoms with van der Waals surface area (Å²) >= 11 is 0. The van der Waals surface area contributed by atoms with Gasteiger partial charge in [0.2, 0.25) is 5.91 Å². The third kappa shape index (κ3) is 8.51. The lowest BCUT2D eigenvalue weighted by Gasteiger charge is -2.30. The van der Waals surface area contributed by atoms with Crippen molar-refractivity contribution >= 4 is 11.6 Å². The Morgan fingerprint density at radius 1 is 1.06 bits per heavy atom. The van der Waals surface area contributed by atoms with Crippen LogP contribution in [0.15, 0.2) is 42.5 Å². The van der Waals surface area contributed by atoms with Crippen molar-refractivity contribution < 1.29 is 32.5 Å². The van der Waals surface area contributed by atoms with E-state index in [2.05, 4.69) is 16.0 Å². The van der Waals surface area contributed by atoms with Gasteiger partial charge in [-0.15, -0.1) is 0 Å². The molecule has 0 aliphatic rings. The Hall–Kier alpha value is -3.14. The number of carbonyl (C=O) groups excluding carboxylic acids is 1. The van der Waals surface area contributed by atoms with Gasteiger partial charge in [0.05, 0.1) is 25.9 Å². The van der Waals surface area contributed by atoms with Gasteiger partial charge >= 0.3 is 6.18 Å². The number of amides is 1. The first-order valence-electron chi connectivity index (χ1n) is 11.9. The Morgan fingerprint density at radius 3 is 2.25 bits per heavy atom. The Labute approximate surface area is 210 Å². The van der Waals surface area contributed by atoms with Gasteiger partial charge in [0.15, 0.2) is 0 Å². The zero-order valence-corrected chi connectivity index (χ0v) is 21.3. The SMILES string of the molecule is CC[C@@H](CNc1ccc(OC)cc1OC)NC(=O)[C@H](CC(C)C)N[C@@H](c1ccc(O)cc1)C(F)(F)F. The van der Waals surface area contributed by atoms with Crippen LogP contribution in [0.5, 0.6) is 17.2 Å². The first-order chi connectivity index (χ1) is 17.0. The van der Waals surface area contributed by atoms with Crippen molar-refractivity contribution in [3.05, 3.63) is 48.0 Å². The summed E-state index contributed by atoms with van der Waals surface area (Å²) in [7, 11) is 3.09. The summed E-state index contributed by atoms with van der Waals surface area (Å²) in [4.78, 5) is 13.2. The summed E-state index contributed by atoms with van der Waals surface area (Å²) in [6.45, 7) is 5.93. The van der Waals surface area contributed by atoms with Crippen LogP contribution in [-0.4, -0.2) is 50.0 Å². The van der Waals surface area contributed by atoms with E-state index in [0.717, 1.165) is 0 Å². The van der Waals surface area contributed by atoms with Gasteiger partial charge in [-0.3, -0.25) is 10.1 Å². The van der Waals surface area contributed by atoms with E-state index < -0.39 is 24.2 Å². The molecular formula is C26H36F3N3O4. The Bertz CT molecular complexity index is 968. The minimum atomic E-state index is -4.64. The lowest BCUT2D eigenvalue weighted by molar-refractivity contribution is -0.161. The zero-order valence-electron chi connectivity index (χ0n) is 21.3. The van der Waals surface area contributed by atoms with Gasteiger partial charge in [0.25, 0.3) is 0 Å². The standard InChI is InChI=1S/C26H36F3N3O4/c1-6-18(15-30-21-12-11-20(35-4)14-23(21)36-5)31-25(34)22(13-16(2)3)32-24(26(27,28)29)17-7-9-19(33)10-8-17/h7-12,14,16,18,22,24,30,32-33H,6,13,15H2,1-5H3,(H,31,34)/t18-,22-,24-/m0/s1. The fraction of sp³-hybridized carbons (Fsp3) is 0.500. The highest BCUT2D eigenvalue weighted by atomic mass is 19.4. The molecule has 0 aliphatic carbocycles. The van der Waals surface area contributed by atoms with Crippen LogP contribution in [0.1, 0.15) is 45.2 Å². The van der Waals surface area contributed by atoms with E-state index >= 15 is 0 Å². The number of aromatic hydroxyl groups is 1. The van der Waals surface area contributed by atoms with Crippen LogP contribution in [0.4, 0.5) is 18.9 Å². The predicted molar refractivity (Wildman–Crippen MR) is 134 cm³/mol. The van der Waals surface area contributed by atoms with Crippen molar-refractivity contribution in [2.75, 3.05) is 26.1 Å². The number of hydrogen-bond donors (Lipinski definition) is 4. The highest BCUT2D eigenvalue weighted by Crippen LogP contribution is 2.34. The molecule has 0 saturated carbocycles. The van der Waals surface area contributed by atoms with E-state index in [1.807, 2.05) is 20.8 Å². The molecule has 200 valence electrons. The number of alkyl halides is 3. The molecule has 0 heterocycles. The maximum Gasteiger partial charge on any atom is 0.407 e. The fourth-order valence-electron chi connectivity index (χ4n) is 3.75. The van der Waals surface area contributed by atoms with Crippen LogP contribution >= 0.6 is 0 Å². The molecule has 0 spiro atoms. The molecule has 1 amide bonds. The molecule has 0 saturated heterocycles. The van der Waals surface area contributed by atoms with Crippen molar-refractivity contribution in [1.82, 2.24) is 10.6 Å². The lowest BCUT2D eigenvalue weighted by atomic mass is 9.99. The molecule has 0 radical (unpaired) electrons. The number of halogens is 3. The quantitative estimate of drug-likeness (QED) is 0.302. The average molecular weight is 512 g/mol. The second kappa shape index (κ2) is 13.2. The third-order valence-corrected chi connectivity index (χ3v) is 5.73. The molecule has 10 heteroatoms. The minimum absolute atomic E-state index is 0.0243. The molecule has 0 bridgehead atoms. The van der Waals surface area contributed by atoms with Crippen molar-refractivity contribution in [1.29, 1.82) is 0 Å². The molecule has 0 unspecified atom stereocenters. The van der Waals surface area contributed by atoms with Crippen LogP contribution in [0, 0.1) is 5.92 Å². The topological polar surface area (TPSA) is 91.8 Å². The van der Waals surface area contributed by atoms with Crippen molar-refractivity contribution in [2.45, 2.75) is 57.9 Å². The molecule has 2 aromatic carbocycles. The number of anilines is 1. The highest BCUT2D eigenvalue weighted by Gasteiger charge is 2.43. The molecule has 3 atom stereocenters. The molecule has 2 rings (SSSR count). The van der Waals surface area contributed by atoms with Crippen LogP contribution in [-0.2, 0) is 4.79 Å². The predicted octanol–water partition coefficient (Wildman–Crippen LogP) is 5.02. The first kappa shape index (κ1) is 29.1. The van der Waals surface area contributed by atoms with Crippen molar-refractivity contribution in [2.24, 2.45) is 5.92 Å². The molecule has 36 heavy (non-hydrogen) atoms. The Morgan fingerprint density at radius 2 is 1.72 bits per heavy atom. The van der Waals surface area contributed by atoms with Crippen LogP contribution in [0.3, 0.4) is 0 Å². The molecular weight excluding hydrogens is 475 g/mol. The van der Waals surface area contributed by atoms with Crippen molar-refractivity contribution in [3.8, 4) is 17.2 Å². The van der Waals surface area contributed by atoms with Gasteiger partial charge < -0.3 is 25.2 Å². The van der Waals surface area contributed by atoms with Gasteiger partial charge in [-0.1, -0.05) is 32.9 Å². The Balaban J connectivity index is 2.15. The molecule has 7 nitrogen and oxygen atoms in total. The minimum Gasteiger partial charge on any atom is -0.508 e. The van der Waals surface area contributed by atoms with Gasteiger partial charge in [-0.2, -0.15) is 13.2 Å². The van der Waals surface area contributed by atoms with E-state index in [1.165, 1.54) is 31.4 Å². The number of phenolic OH excluding ortho intramolecular Hbond substituents is 1. The molecule has 2 aromatic rings. The molecule has 0 aliphatic heterocycles. The summed E-state index contributed by atoms with van der Waals surface area (Å²) in [5, 5.41) is 18.1. The smallest absolute Gasteiger partial charge is 0.407 e. The largest absolute Gasteiger partial charge is 0.508 e. The number of phenols is 1. The normalized spacial score (nSPS) is 14.1. The average Bonchev–Trinajstić information content (AvgIpc) is 2.83. The number of methoxy groups -OCH3 is 2. The summed E-state index contributed by atoms with van der Waals surface area (Å²) in [5.41, 5.74) is 0.620. The van der Waals surface area contributed by atoms with Gasteiger partial charge in [0, 0.05) is 18.7 Å².